The van der Waals surface area contributed by atoms with Crippen LogP contribution < -0.4 is 0 Å². The van der Waals surface area contributed by atoms with Gasteiger partial charge in [0.05, 0.1) is 6.61 Å². The van der Waals surface area contributed by atoms with Crippen LogP contribution in [0.4, 0.5) is 0 Å². The van der Waals surface area contributed by atoms with Gasteiger partial charge in [-0.15, -0.1) is 11.6 Å². The van der Waals surface area contributed by atoms with E-state index in [0.717, 1.165) is 18.4 Å². The van der Waals surface area contributed by atoms with Crippen molar-refractivity contribution in [3.05, 3.63) is 34.9 Å². The van der Waals surface area contributed by atoms with Gasteiger partial charge < -0.3 is 5.11 Å². The number of aryl methyl sites for hydroxylation is 2. The van der Waals surface area contributed by atoms with Crippen molar-refractivity contribution in [3.63, 3.8) is 0 Å². The second kappa shape index (κ2) is 5.25. The zero-order chi connectivity index (χ0) is 9.68. The Morgan fingerprint density at radius 1 is 1.38 bits per heavy atom. The van der Waals surface area contributed by atoms with E-state index in [1.54, 1.807) is 0 Å². The fraction of sp³-hybridized carbons (Fsp3) is 0.455. The minimum atomic E-state index is 0.119. The molecule has 0 radical (unpaired) electrons. The van der Waals surface area contributed by atoms with Gasteiger partial charge >= 0.3 is 0 Å². The first-order valence-electron chi connectivity index (χ1n) is 4.53. The van der Waals surface area contributed by atoms with Gasteiger partial charge in [0.2, 0.25) is 0 Å². The number of alkyl halides is 1. The second-order valence-corrected chi connectivity index (χ2v) is 3.59. The Morgan fingerprint density at radius 3 is 2.77 bits per heavy atom. The summed E-state index contributed by atoms with van der Waals surface area (Å²) in [5, 5.41) is 8.95. The number of aliphatic hydroxyl groups excluding tert-OH is 1. The number of rotatable bonds is 4. The molecule has 0 unspecified atom stereocenters. The van der Waals surface area contributed by atoms with E-state index in [1.165, 1.54) is 11.1 Å². The Bertz CT molecular complexity index is 271. The number of hydrogen-bond donors (Lipinski definition) is 1. The first-order chi connectivity index (χ1) is 6.27. The Labute approximate surface area is 84.4 Å². The second-order valence-electron chi connectivity index (χ2n) is 3.21. The molecule has 1 aromatic carbocycles. The van der Waals surface area contributed by atoms with Crippen molar-refractivity contribution in [2.75, 3.05) is 5.88 Å². The molecule has 72 valence electrons. The van der Waals surface area contributed by atoms with Crippen molar-refractivity contribution < 1.29 is 5.11 Å². The van der Waals surface area contributed by atoms with Crippen molar-refractivity contribution in [1.29, 1.82) is 0 Å². The molecule has 0 aromatic heterocycles. The number of hydrogen-bond acceptors (Lipinski definition) is 1. The Morgan fingerprint density at radius 2 is 2.15 bits per heavy atom. The maximum absolute atomic E-state index is 8.95. The lowest BCUT2D eigenvalue weighted by atomic mass is 10.0. The molecule has 13 heavy (non-hydrogen) atoms. The Hall–Kier alpha value is -0.530. The van der Waals surface area contributed by atoms with Crippen LogP contribution in [0, 0.1) is 6.92 Å². The van der Waals surface area contributed by atoms with Gasteiger partial charge in [-0.25, -0.2) is 0 Å². The SMILES string of the molecule is Cc1ccc(CO)cc1CCCCl. The molecule has 0 spiro atoms. The van der Waals surface area contributed by atoms with E-state index in [1.807, 2.05) is 6.07 Å². The minimum absolute atomic E-state index is 0.119. The van der Waals surface area contributed by atoms with E-state index in [9.17, 15) is 0 Å². The first-order valence-corrected chi connectivity index (χ1v) is 5.06. The summed E-state index contributed by atoms with van der Waals surface area (Å²) in [7, 11) is 0. The largest absolute Gasteiger partial charge is 0.392 e. The molecule has 1 rings (SSSR count). The van der Waals surface area contributed by atoms with Gasteiger partial charge in [0, 0.05) is 5.88 Å². The van der Waals surface area contributed by atoms with E-state index in [2.05, 4.69) is 19.1 Å². The zero-order valence-corrected chi connectivity index (χ0v) is 8.64. The van der Waals surface area contributed by atoms with Gasteiger partial charge in [0.25, 0.3) is 0 Å². The molecule has 1 N–H and O–H groups in total. The predicted molar refractivity (Wildman–Crippen MR) is 56.1 cm³/mol. The lowest BCUT2D eigenvalue weighted by Crippen LogP contribution is -1.93. The minimum Gasteiger partial charge on any atom is -0.392 e. The quantitative estimate of drug-likeness (QED) is 0.738. The average Bonchev–Trinajstić information content (AvgIpc) is 2.17. The highest BCUT2D eigenvalue weighted by atomic mass is 35.5. The highest BCUT2D eigenvalue weighted by Crippen LogP contribution is 2.13. The lowest BCUT2D eigenvalue weighted by molar-refractivity contribution is 0.281. The molecular formula is C11H15ClO. The highest BCUT2D eigenvalue weighted by Gasteiger charge is 1.99. The van der Waals surface area contributed by atoms with Crippen LogP contribution in [-0.2, 0) is 13.0 Å². The summed E-state index contributed by atoms with van der Waals surface area (Å²) in [5.74, 6) is 0.697. The van der Waals surface area contributed by atoms with Gasteiger partial charge in [-0.05, 0) is 36.5 Å². The molecule has 0 aliphatic rings. The van der Waals surface area contributed by atoms with E-state index in [4.69, 9.17) is 16.7 Å². The van der Waals surface area contributed by atoms with Crippen molar-refractivity contribution in [3.8, 4) is 0 Å². The van der Waals surface area contributed by atoms with Crippen LogP contribution in [0.5, 0.6) is 0 Å². The van der Waals surface area contributed by atoms with E-state index >= 15 is 0 Å². The smallest absolute Gasteiger partial charge is 0.0681 e. The predicted octanol–water partition coefficient (Wildman–Crippen LogP) is 2.66. The maximum atomic E-state index is 8.95. The third kappa shape index (κ3) is 3.02. The lowest BCUT2D eigenvalue weighted by Gasteiger charge is -2.06. The molecule has 1 nitrogen and oxygen atoms in total. The van der Waals surface area contributed by atoms with Gasteiger partial charge in [-0.3, -0.25) is 0 Å². The molecular weight excluding hydrogens is 184 g/mol. The summed E-state index contributed by atoms with van der Waals surface area (Å²) in [6, 6.07) is 6.07. The number of aliphatic hydroxyl groups is 1. The molecule has 0 heterocycles. The van der Waals surface area contributed by atoms with Crippen LogP contribution in [0.3, 0.4) is 0 Å². The molecule has 0 atom stereocenters. The average molecular weight is 199 g/mol. The van der Waals surface area contributed by atoms with Crippen molar-refractivity contribution in [2.24, 2.45) is 0 Å². The fourth-order valence-corrected chi connectivity index (χ4v) is 1.48. The van der Waals surface area contributed by atoms with Crippen LogP contribution in [0.1, 0.15) is 23.1 Å². The monoisotopic (exact) mass is 198 g/mol. The molecule has 1 aromatic rings. The van der Waals surface area contributed by atoms with E-state index < -0.39 is 0 Å². The number of halogens is 1. The summed E-state index contributed by atoms with van der Waals surface area (Å²) < 4.78 is 0. The van der Waals surface area contributed by atoms with Gasteiger partial charge in [-0.1, -0.05) is 18.2 Å². The molecule has 0 saturated heterocycles. The van der Waals surface area contributed by atoms with Crippen LogP contribution in [0.15, 0.2) is 18.2 Å². The van der Waals surface area contributed by atoms with Gasteiger partial charge in [-0.2, -0.15) is 0 Å². The van der Waals surface area contributed by atoms with Crippen molar-refractivity contribution >= 4 is 11.6 Å². The molecule has 0 aliphatic carbocycles. The topological polar surface area (TPSA) is 20.2 Å². The molecule has 0 saturated carbocycles. The summed E-state index contributed by atoms with van der Waals surface area (Å²) in [6.45, 7) is 2.21. The van der Waals surface area contributed by atoms with Crippen LogP contribution >= 0.6 is 11.6 Å². The Kier molecular flexibility index (Phi) is 4.26. The van der Waals surface area contributed by atoms with Crippen LogP contribution in [-0.4, -0.2) is 11.0 Å². The molecule has 2 heteroatoms. The van der Waals surface area contributed by atoms with Gasteiger partial charge in [0.1, 0.15) is 0 Å². The first kappa shape index (κ1) is 10.6. The van der Waals surface area contributed by atoms with E-state index in [-0.39, 0.29) is 6.61 Å². The third-order valence-electron chi connectivity index (χ3n) is 2.18. The number of benzene rings is 1. The van der Waals surface area contributed by atoms with Gasteiger partial charge in [0.15, 0.2) is 0 Å². The Balaban J connectivity index is 2.78. The van der Waals surface area contributed by atoms with Crippen molar-refractivity contribution in [1.82, 2.24) is 0 Å². The summed E-state index contributed by atoms with van der Waals surface area (Å²) in [5.41, 5.74) is 3.56. The molecule has 0 amide bonds. The third-order valence-corrected chi connectivity index (χ3v) is 2.44. The highest BCUT2D eigenvalue weighted by molar-refractivity contribution is 6.17. The van der Waals surface area contributed by atoms with Crippen LogP contribution in [0.25, 0.3) is 0 Å². The van der Waals surface area contributed by atoms with Crippen molar-refractivity contribution in [2.45, 2.75) is 26.4 Å². The zero-order valence-electron chi connectivity index (χ0n) is 7.89. The summed E-state index contributed by atoms with van der Waals surface area (Å²) in [4.78, 5) is 0. The molecule has 0 bridgehead atoms. The molecule has 0 fully saturated rings. The standard InChI is InChI=1S/C11H15ClO/c1-9-4-5-10(8-13)7-11(9)3-2-6-12/h4-5,7,13H,2-3,6,8H2,1H3. The maximum Gasteiger partial charge on any atom is 0.0681 e. The fourth-order valence-electron chi connectivity index (χ4n) is 1.35. The normalized spacial score (nSPS) is 10.4. The summed E-state index contributed by atoms with van der Waals surface area (Å²) >= 11 is 5.63. The van der Waals surface area contributed by atoms with E-state index in [0.29, 0.717) is 5.88 Å². The summed E-state index contributed by atoms with van der Waals surface area (Å²) in [6.07, 6.45) is 2.00. The molecule has 0 aliphatic heterocycles. The van der Waals surface area contributed by atoms with Crippen LogP contribution in [0.2, 0.25) is 0 Å².